The van der Waals surface area contributed by atoms with Crippen LogP contribution in [0.1, 0.15) is 107 Å². The van der Waals surface area contributed by atoms with Gasteiger partial charge in [0.1, 0.15) is 12.4 Å². The van der Waals surface area contributed by atoms with Crippen molar-refractivity contribution in [3.63, 3.8) is 0 Å². The Bertz CT molecular complexity index is 2650. The number of amides is 1. The monoisotopic (exact) mass is 1280 g/mol. The molecule has 0 aliphatic carbocycles. The maximum Gasteiger partial charge on any atom is 2.00 e. The van der Waals surface area contributed by atoms with E-state index in [-0.39, 0.29) is 166 Å². The smallest absolute Gasteiger partial charge is 1.00 e. The minimum absolute atomic E-state index is 0. The van der Waals surface area contributed by atoms with Crippen LogP contribution in [0.2, 0.25) is 0 Å². The second-order valence-corrected chi connectivity index (χ2v) is 12.8. The van der Waals surface area contributed by atoms with Gasteiger partial charge in [0.25, 0.3) is 5.91 Å². The summed E-state index contributed by atoms with van der Waals surface area (Å²) in [6, 6.07) is 62.9. The van der Waals surface area contributed by atoms with Gasteiger partial charge in [-0.15, -0.1) is 34.4 Å². The number of benzene rings is 6. The molecule has 377 valence electrons. The second-order valence-electron chi connectivity index (χ2n) is 12.8. The third-order valence-electron chi connectivity index (χ3n) is 8.59. The summed E-state index contributed by atoms with van der Waals surface area (Å²) in [5.74, 6) is -0.187. The quantitative estimate of drug-likeness (QED) is 0.0792. The molecule has 1 N–H and O–H groups in total. The summed E-state index contributed by atoms with van der Waals surface area (Å²) in [4.78, 5) is 39.2. The average molecular weight is 1280 g/mol. The topological polar surface area (TPSA) is 106 Å². The van der Waals surface area contributed by atoms with E-state index in [1.165, 1.54) is 17.7 Å². The molecule has 0 fully saturated rings. The minimum atomic E-state index is -0.601. The molecular formula is C60H72BrMgN4O4Y3-3. The Morgan fingerprint density at radius 1 is 0.575 bits per heavy atom. The van der Waals surface area contributed by atoms with E-state index in [4.69, 9.17) is 4.84 Å². The molecule has 0 bridgehead atoms. The summed E-state index contributed by atoms with van der Waals surface area (Å²) in [7, 11) is 3.02. The van der Waals surface area contributed by atoms with Crippen LogP contribution in [-0.4, -0.2) is 74.5 Å². The number of hydrogen-bond acceptors (Lipinski definition) is 7. The van der Waals surface area contributed by atoms with Gasteiger partial charge in [-0.2, -0.15) is 36.4 Å². The molecule has 0 aliphatic heterocycles. The maximum atomic E-state index is 11.8. The summed E-state index contributed by atoms with van der Waals surface area (Å²) in [6.07, 6.45) is 5.18. The Labute approximate surface area is 541 Å². The first kappa shape index (κ1) is 84.1. The van der Waals surface area contributed by atoms with Crippen LogP contribution in [0.4, 0.5) is 0 Å². The third-order valence-corrected chi connectivity index (χ3v) is 8.59. The fourth-order valence-electron chi connectivity index (χ4n) is 5.47. The number of hydrogen-bond donors (Lipinski definition) is 1. The van der Waals surface area contributed by atoms with E-state index >= 15 is 0 Å². The first-order valence-corrected chi connectivity index (χ1v) is 21.6. The summed E-state index contributed by atoms with van der Waals surface area (Å²) >= 11 is 0. The number of nitrogens with zero attached hydrogens (tertiary/aromatic N) is 4. The molecule has 1 amide bonds. The van der Waals surface area contributed by atoms with E-state index in [1.807, 2.05) is 157 Å². The maximum absolute atomic E-state index is 11.8. The van der Waals surface area contributed by atoms with Crippen LogP contribution < -0.4 is 17.0 Å². The van der Waals surface area contributed by atoms with Crippen LogP contribution in [0.3, 0.4) is 0 Å². The zero-order chi connectivity index (χ0) is 47.7. The Morgan fingerprint density at radius 2 is 0.986 bits per heavy atom. The van der Waals surface area contributed by atoms with Crippen LogP contribution in [0.5, 0.6) is 0 Å². The number of halogens is 1. The van der Waals surface area contributed by atoms with E-state index < -0.39 is 6.10 Å². The van der Waals surface area contributed by atoms with Crippen molar-refractivity contribution >= 4 is 68.0 Å². The molecule has 13 heteroatoms. The molecule has 3 heterocycles. The zero-order valence-electron chi connectivity index (χ0n) is 41.8. The van der Waals surface area contributed by atoms with Crippen molar-refractivity contribution in [2.45, 2.75) is 76.9 Å². The second kappa shape index (κ2) is 52.6. The molecule has 0 spiro atoms. The molecule has 0 saturated heterocycles. The van der Waals surface area contributed by atoms with Gasteiger partial charge in [-0.05, 0) is 34.6 Å². The predicted molar refractivity (Wildman–Crippen MR) is 293 cm³/mol. The molecule has 3 radical (unpaired) electrons. The molecule has 73 heavy (non-hydrogen) atoms. The van der Waals surface area contributed by atoms with Gasteiger partial charge >= 0.3 is 23.1 Å². The molecule has 0 saturated carbocycles. The molecule has 1 atom stereocenters. The average Bonchev–Trinajstić information content (AvgIpc) is 3.41. The summed E-state index contributed by atoms with van der Waals surface area (Å²) < 4.78 is 0. The molecule has 3 aromatic heterocycles. The van der Waals surface area contributed by atoms with Crippen molar-refractivity contribution in [2.75, 3.05) is 14.2 Å². The van der Waals surface area contributed by atoms with Gasteiger partial charge < -0.3 is 22.1 Å². The number of aliphatic hydroxyl groups is 1. The van der Waals surface area contributed by atoms with Crippen molar-refractivity contribution in [3.05, 3.63) is 234 Å². The van der Waals surface area contributed by atoms with Crippen molar-refractivity contribution < 1.29 is 135 Å². The first-order chi connectivity index (χ1) is 31.9. The molecule has 9 rings (SSSR count). The fraction of sp³-hybridized carbons (Fsp3) is 0.217. The number of rotatable bonds is 5. The number of fused-ring (bicyclic) bond motifs is 3. The van der Waals surface area contributed by atoms with E-state index in [2.05, 4.69) is 58.3 Å². The number of carbonyl (C=O) groups excluding carboxylic acids is 2. The van der Waals surface area contributed by atoms with Gasteiger partial charge in [-0.3, -0.25) is 29.4 Å². The number of aliphatic hydroxyl groups excluding tert-OH is 1. The van der Waals surface area contributed by atoms with Gasteiger partial charge in [0.2, 0.25) is 0 Å². The molecule has 8 nitrogen and oxygen atoms in total. The Kier molecular flexibility index (Phi) is 60.6. The molecular weight excluding hydrogens is 1210 g/mol. The minimum Gasteiger partial charge on any atom is -1.00 e. The first-order valence-electron chi connectivity index (χ1n) is 21.6. The van der Waals surface area contributed by atoms with E-state index in [1.54, 1.807) is 62.0 Å². The van der Waals surface area contributed by atoms with Gasteiger partial charge in [-0.25, -0.2) is 41.5 Å². The standard InChI is InChI=1S/C16H12NO.C12H11N2O2.C10H8N.C7H6O.C6H5.3C2H6.3CH4.BrH.Mg.3Y/c18-16(12-5-2-1-3-6-12)14-8-9-15-13(11-14)7-4-10-17-15;1-14(16-2)12(15)10-5-6-11-9(8-10)4-3-7-13-11;1-8-4-5-10-9(7-8)3-2-6-11-10;8-6-7-4-2-1-3-5-7;1-2-4-6-5-3-1;3*1-2;;;;;;;;/h1-3,5-11,16,18H;4-8H,1-2H3;3-7H,1H3;1-6H;1-5H;3*1-2H3;3*1H4;1H;;;;/q3*-1;;-1;;;;;;;;+2;;;/p-1. The van der Waals surface area contributed by atoms with Crippen LogP contribution >= 0.6 is 0 Å². The Morgan fingerprint density at radius 3 is 1.40 bits per heavy atom. The SMILES string of the molecule is C.C.C.CC.CC.CC.CON(C)C(=O)c1ccc2nc[c-]cc2c1.Cc1ccc2nc[c-]cc2c1.O=Cc1ccccc1.OC(c1ccccc1)c1ccc2nc[c-]cc2c1.[Br-].[Mg+2].[Y].[Y].[Y].[c-]1ccccc1. The van der Waals surface area contributed by atoms with E-state index in [0.29, 0.717) is 5.56 Å². The van der Waals surface area contributed by atoms with Gasteiger partial charge in [0.05, 0.1) is 7.11 Å². The number of aldehydes is 1. The normalized spacial score (nSPS) is 8.74. The molecule has 0 aliphatic rings. The Balaban J connectivity index is -0.000000147. The van der Waals surface area contributed by atoms with Crippen LogP contribution in [-0.2, 0) is 103 Å². The van der Waals surface area contributed by atoms with E-state index in [0.717, 1.165) is 55.7 Å². The Hall–Kier alpha value is -2.83. The van der Waals surface area contributed by atoms with Crippen LogP contribution in [0, 0.1) is 31.2 Å². The summed E-state index contributed by atoms with van der Waals surface area (Å²) in [6.45, 7) is 14.1. The largest absolute Gasteiger partial charge is 2.00 e. The predicted octanol–water partition coefficient (Wildman–Crippen LogP) is 11.7. The fourth-order valence-corrected chi connectivity index (χ4v) is 5.47. The van der Waals surface area contributed by atoms with Crippen molar-refractivity contribution in [1.29, 1.82) is 0 Å². The van der Waals surface area contributed by atoms with Crippen LogP contribution in [0.15, 0.2) is 182 Å². The van der Waals surface area contributed by atoms with Gasteiger partial charge in [-0.1, -0.05) is 185 Å². The summed E-state index contributed by atoms with van der Waals surface area (Å²) in [5.41, 5.74) is 7.12. The van der Waals surface area contributed by atoms with Crippen molar-refractivity contribution in [2.24, 2.45) is 0 Å². The summed E-state index contributed by atoms with van der Waals surface area (Å²) in [5, 5.41) is 14.5. The van der Waals surface area contributed by atoms with Crippen LogP contribution in [0.25, 0.3) is 32.7 Å². The van der Waals surface area contributed by atoms with Crippen molar-refractivity contribution in [3.8, 4) is 0 Å². The number of carbonyl (C=O) groups is 2. The third kappa shape index (κ3) is 31.7. The number of hydroxylamine groups is 2. The van der Waals surface area contributed by atoms with Gasteiger partial charge in [0.15, 0.2) is 0 Å². The number of aryl methyl sites for hydroxylation is 1. The molecule has 1 unspecified atom stereocenters. The zero-order valence-corrected chi connectivity index (χ0v) is 53.3. The van der Waals surface area contributed by atoms with Gasteiger partial charge in [0, 0.05) is 116 Å². The number of aromatic nitrogens is 3. The van der Waals surface area contributed by atoms with Crippen molar-refractivity contribution in [1.82, 2.24) is 20.0 Å². The molecule has 6 aromatic carbocycles. The van der Waals surface area contributed by atoms with E-state index in [9.17, 15) is 14.7 Å². The molecule has 9 aromatic rings. The number of pyridine rings is 3.